The van der Waals surface area contributed by atoms with E-state index in [-0.39, 0.29) is 5.82 Å². The molecule has 4 rings (SSSR count). The van der Waals surface area contributed by atoms with Gasteiger partial charge in [-0.2, -0.15) is 10.1 Å². The molecule has 1 fully saturated rings. The molecule has 2 aromatic carbocycles. The maximum Gasteiger partial charge on any atom is 0.249 e. The maximum atomic E-state index is 13.1. The van der Waals surface area contributed by atoms with E-state index in [4.69, 9.17) is 0 Å². The molecule has 0 amide bonds. The lowest BCUT2D eigenvalue weighted by molar-refractivity contribution is 0.624. The quantitative estimate of drug-likeness (QED) is 0.715. The summed E-state index contributed by atoms with van der Waals surface area (Å²) in [7, 11) is 4.02. The second kappa shape index (κ2) is 8.30. The Hall–Kier alpha value is -3.42. The molecular weight excluding hydrogens is 369 g/mol. The molecule has 1 N–H and O–H groups in total. The van der Waals surface area contributed by atoms with Gasteiger partial charge in [0.1, 0.15) is 5.82 Å². The van der Waals surface area contributed by atoms with Gasteiger partial charge in [-0.3, -0.25) is 0 Å². The Bertz CT molecular complexity index is 936. The summed E-state index contributed by atoms with van der Waals surface area (Å²) in [6.07, 6.45) is 1.69. The molecule has 1 aliphatic heterocycles. The number of piperazine rings is 1. The van der Waals surface area contributed by atoms with Crippen LogP contribution in [0.15, 0.2) is 54.7 Å². The Morgan fingerprint density at radius 3 is 2.21 bits per heavy atom. The van der Waals surface area contributed by atoms with Gasteiger partial charge in [-0.25, -0.2) is 4.39 Å². The first-order valence-electron chi connectivity index (χ1n) is 9.58. The molecule has 0 atom stereocenters. The second-order valence-electron chi connectivity index (χ2n) is 7.15. The fourth-order valence-electron chi connectivity index (χ4n) is 3.32. The number of nitrogens with one attached hydrogen (secondary N) is 1. The molecule has 29 heavy (non-hydrogen) atoms. The molecule has 0 bridgehead atoms. The van der Waals surface area contributed by atoms with E-state index in [0.29, 0.717) is 5.95 Å². The summed E-state index contributed by atoms with van der Waals surface area (Å²) >= 11 is 0. The molecule has 150 valence electrons. The minimum Gasteiger partial charge on any atom is -0.378 e. The van der Waals surface area contributed by atoms with Crippen molar-refractivity contribution in [1.29, 1.82) is 0 Å². The summed E-state index contributed by atoms with van der Waals surface area (Å²) in [5.74, 6) is 1.06. The van der Waals surface area contributed by atoms with Crippen LogP contribution in [0.25, 0.3) is 0 Å². The van der Waals surface area contributed by atoms with E-state index in [1.807, 2.05) is 55.4 Å². The van der Waals surface area contributed by atoms with Crippen LogP contribution in [0, 0.1) is 5.82 Å². The number of hydrogen-bond donors (Lipinski definition) is 1. The monoisotopic (exact) mass is 393 g/mol. The van der Waals surface area contributed by atoms with E-state index < -0.39 is 0 Å². The SMILES string of the molecule is CN(C)c1ccc(Nc2nncc(N3CCN(c4ccc(F)cc4)CC3)n2)cc1. The molecule has 1 saturated heterocycles. The molecule has 3 aromatic rings. The lowest BCUT2D eigenvalue weighted by Gasteiger charge is -2.36. The Balaban J connectivity index is 1.39. The van der Waals surface area contributed by atoms with Gasteiger partial charge >= 0.3 is 0 Å². The van der Waals surface area contributed by atoms with Crippen LogP contribution < -0.4 is 20.0 Å². The highest BCUT2D eigenvalue weighted by Crippen LogP contribution is 2.21. The van der Waals surface area contributed by atoms with Crippen LogP contribution in [0.4, 0.5) is 33.2 Å². The van der Waals surface area contributed by atoms with Crippen molar-refractivity contribution in [2.24, 2.45) is 0 Å². The molecule has 0 spiro atoms. The highest BCUT2D eigenvalue weighted by Gasteiger charge is 2.19. The summed E-state index contributed by atoms with van der Waals surface area (Å²) in [6, 6.07) is 14.7. The van der Waals surface area contributed by atoms with Crippen molar-refractivity contribution < 1.29 is 4.39 Å². The summed E-state index contributed by atoms with van der Waals surface area (Å²) < 4.78 is 13.1. The van der Waals surface area contributed by atoms with Crippen molar-refractivity contribution in [1.82, 2.24) is 15.2 Å². The summed E-state index contributed by atoms with van der Waals surface area (Å²) in [5, 5.41) is 11.4. The number of halogens is 1. The van der Waals surface area contributed by atoms with Crippen molar-refractivity contribution in [2.45, 2.75) is 0 Å². The van der Waals surface area contributed by atoms with E-state index in [9.17, 15) is 4.39 Å². The van der Waals surface area contributed by atoms with Crippen molar-refractivity contribution in [3.05, 3.63) is 60.5 Å². The third-order valence-electron chi connectivity index (χ3n) is 4.98. The van der Waals surface area contributed by atoms with E-state index in [2.05, 4.69) is 30.3 Å². The van der Waals surface area contributed by atoms with Crippen LogP contribution in [0.5, 0.6) is 0 Å². The molecule has 0 saturated carbocycles. The molecule has 1 aliphatic rings. The first-order chi connectivity index (χ1) is 14.1. The van der Waals surface area contributed by atoms with E-state index >= 15 is 0 Å². The summed E-state index contributed by atoms with van der Waals surface area (Å²) in [6.45, 7) is 3.30. The average Bonchev–Trinajstić information content (AvgIpc) is 2.75. The number of rotatable bonds is 5. The molecular formula is C21H24FN7. The van der Waals surface area contributed by atoms with Crippen LogP contribution in [-0.2, 0) is 0 Å². The molecule has 1 aromatic heterocycles. The van der Waals surface area contributed by atoms with Gasteiger partial charge in [0.05, 0.1) is 6.20 Å². The molecule has 0 radical (unpaired) electrons. The van der Waals surface area contributed by atoms with Crippen molar-refractivity contribution >= 4 is 28.8 Å². The zero-order chi connectivity index (χ0) is 20.2. The van der Waals surface area contributed by atoms with Gasteiger partial charge in [0.25, 0.3) is 0 Å². The third kappa shape index (κ3) is 4.53. The Kier molecular flexibility index (Phi) is 5.41. The molecule has 7 nitrogen and oxygen atoms in total. The predicted molar refractivity (Wildman–Crippen MR) is 115 cm³/mol. The standard InChI is InChI=1S/C21H24FN7/c1-27(2)18-9-5-17(6-10-18)24-21-25-20(15-23-26-21)29-13-11-28(12-14-29)19-7-3-16(22)4-8-19/h3-10,15H,11-14H2,1-2H3,(H,24,25,26). The highest BCUT2D eigenvalue weighted by molar-refractivity contribution is 5.59. The molecule has 2 heterocycles. The van der Waals surface area contributed by atoms with Crippen molar-refractivity contribution in [3.63, 3.8) is 0 Å². The molecule has 8 heteroatoms. The van der Waals surface area contributed by atoms with Gasteiger partial charge in [0.15, 0.2) is 5.82 Å². The van der Waals surface area contributed by atoms with Crippen molar-refractivity contribution in [3.8, 4) is 0 Å². The van der Waals surface area contributed by atoms with Gasteiger partial charge in [0.2, 0.25) is 5.95 Å². The average molecular weight is 393 g/mol. The maximum absolute atomic E-state index is 13.1. The normalized spacial score (nSPS) is 14.0. The fraction of sp³-hybridized carbons (Fsp3) is 0.286. The third-order valence-corrected chi connectivity index (χ3v) is 4.98. The van der Waals surface area contributed by atoms with Gasteiger partial charge < -0.3 is 20.0 Å². The highest BCUT2D eigenvalue weighted by atomic mass is 19.1. The van der Waals surface area contributed by atoms with Gasteiger partial charge in [-0.05, 0) is 48.5 Å². The number of benzene rings is 2. The van der Waals surface area contributed by atoms with Crippen LogP contribution in [-0.4, -0.2) is 55.5 Å². The van der Waals surface area contributed by atoms with Crippen LogP contribution >= 0.6 is 0 Å². The predicted octanol–water partition coefficient (Wildman–Crippen LogP) is 3.15. The first-order valence-corrected chi connectivity index (χ1v) is 9.58. The Morgan fingerprint density at radius 2 is 1.55 bits per heavy atom. The lowest BCUT2D eigenvalue weighted by atomic mass is 10.2. The van der Waals surface area contributed by atoms with Crippen molar-refractivity contribution in [2.75, 3.05) is 60.3 Å². The minimum absolute atomic E-state index is 0.212. The Labute approximate surface area is 169 Å². The summed E-state index contributed by atoms with van der Waals surface area (Å²) in [5.41, 5.74) is 3.08. The number of anilines is 5. The van der Waals surface area contributed by atoms with Crippen LogP contribution in [0.2, 0.25) is 0 Å². The number of nitrogens with zero attached hydrogens (tertiary/aromatic N) is 6. The van der Waals surface area contributed by atoms with Gasteiger partial charge in [-0.15, -0.1) is 5.10 Å². The fourth-order valence-corrected chi connectivity index (χ4v) is 3.32. The zero-order valence-electron chi connectivity index (χ0n) is 16.6. The van der Waals surface area contributed by atoms with E-state index in [1.165, 1.54) is 12.1 Å². The second-order valence-corrected chi connectivity index (χ2v) is 7.15. The smallest absolute Gasteiger partial charge is 0.249 e. The largest absolute Gasteiger partial charge is 0.378 e. The van der Waals surface area contributed by atoms with Crippen LogP contribution in [0.1, 0.15) is 0 Å². The van der Waals surface area contributed by atoms with Crippen LogP contribution in [0.3, 0.4) is 0 Å². The van der Waals surface area contributed by atoms with E-state index in [0.717, 1.165) is 49.1 Å². The van der Waals surface area contributed by atoms with E-state index in [1.54, 1.807) is 6.20 Å². The number of aromatic nitrogens is 3. The minimum atomic E-state index is -0.212. The Morgan fingerprint density at radius 1 is 0.897 bits per heavy atom. The first kappa shape index (κ1) is 18.9. The summed E-state index contributed by atoms with van der Waals surface area (Å²) in [4.78, 5) is 11.1. The lowest BCUT2D eigenvalue weighted by Crippen LogP contribution is -2.46. The van der Waals surface area contributed by atoms with Gasteiger partial charge in [0, 0.05) is 57.3 Å². The molecule has 0 unspecified atom stereocenters. The molecule has 0 aliphatic carbocycles. The number of hydrogen-bond acceptors (Lipinski definition) is 7. The zero-order valence-corrected chi connectivity index (χ0v) is 16.6. The topological polar surface area (TPSA) is 60.4 Å². The van der Waals surface area contributed by atoms with Gasteiger partial charge in [-0.1, -0.05) is 0 Å².